The summed E-state index contributed by atoms with van der Waals surface area (Å²) >= 11 is 0. The molecule has 0 fully saturated rings. The second-order valence-corrected chi connectivity index (χ2v) is 6.87. The van der Waals surface area contributed by atoms with Crippen LogP contribution >= 0.6 is 0 Å². The molecular weight excluding hydrogens is 342 g/mol. The molecule has 0 saturated carbocycles. The molecule has 1 unspecified atom stereocenters. The molecule has 0 radical (unpaired) electrons. The van der Waals surface area contributed by atoms with Gasteiger partial charge in [0.05, 0.1) is 11.9 Å². The standard InChI is InChI=1S/C20H21N5O2/c1-3-20(7-5-4-6-8-20)15-12-25(2)19(27)17-14(15)9-16(24-17)18(26)23-13-10-21-22-11-13/h4-7,9-12,24H,3,8H2,1-2H3,(H,21,22)(H,23,26). The third kappa shape index (κ3) is 2.81. The van der Waals surface area contributed by atoms with E-state index in [4.69, 9.17) is 0 Å². The molecule has 7 nitrogen and oxygen atoms in total. The quantitative estimate of drug-likeness (QED) is 0.665. The molecule has 1 aliphatic rings. The first kappa shape index (κ1) is 17.1. The van der Waals surface area contributed by atoms with Crippen molar-refractivity contribution in [3.05, 3.63) is 70.6 Å². The molecular formula is C20H21N5O2. The molecule has 1 atom stereocenters. The number of nitrogens with zero attached hydrogens (tertiary/aromatic N) is 2. The Kier molecular flexibility index (Phi) is 4.07. The maximum absolute atomic E-state index is 12.7. The van der Waals surface area contributed by atoms with Gasteiger partial charge in [0.15, 0.2) is 0 Å². The summed E-state index contributed by atoms with van der Waals surface area (Å²) in [6.07, 6.45) is 15.2. The maximum atomic E-state index is 12.7. The molecule has 0 spiro atoms. The lowest BCUT2D eigenvalue weighted by Gasteiger charge is -2.31. The SMILES string of the molecule is CCC1(c2cn(C)c(=O)c3[nH]c(C(=O)Nc4cn[nH]c4)cc23)C=CC=CC1. The molecule has 3 N–H and O–H groups in total. The van der Waals surface area contributed by atoms with E-state index in [1.807, 2.05) is 18.3 Å². The highest BCUT2D eigenvalue weighted by atomic mass is 16.2. The number of aryl methyl sites for hydroxylation is 1. The summed E-state index contributed by atoms with van der Waals surface area (Å²) in [5.41, 5.74) is 2.05. The number of fused-ring (bicyclic) bond motifs is 1. The van der Waals surface area contributed by atoms with Crippen LogP contribution in [0.25, 0.3) is 10.9 Å². The number of anilines is 1. The van der Waals surface area contributed by atoms with Crippen LogP contribution in [0.3, 0.4) is 0 Å². The van der Waals surface area contributed by atoms with Crippen LogP contribution in [-0.4, -0.2) is 25.7 Å². The van der Waals surface area contributed by atoms with E-state index < -0.39 is 0 Å². The number of nitrogens with one attached hydrogen (secondary N) is 3. The monoisotopic (exact) mass is 363 g/mol. The van der Waals surface area contributed by atoms with Crippen LogP contribution in [0.4, 0.5) is 5.69 Å². The van der Waals surface area contributed by atoms with Crippen LogP contribution in [0.15, 0.2) is 53.8 Å². The van der Waals surface area contributed by atoms with E-state index in [0.29, 0.717) is 16.9 Å². The predicted octanol–water partition coefficient (Wildman–Crippen LogP) is 3.01. The Balaban J connectivity index is 1.86. The fraction of sp³-hybridized carbons (Fsp3) is 0.250. The van der Waals surface area contributed by atoms with Gasteiger partial charge in [0.25, 0.3) is 11.5 Å². The van der Waals surface area contributed by atoms with E-state index in [1.54, 1.807) is 23.9 Å². The highest BCUT2D eigenvalue weighted by Crippen LogP contribution is 2.39. The summed E-state index contributed by atoms with van der Waals surface area (Å²) in [4.78, 5) is 28.3. The van der Waals surface area contributed by atoms with Crippen LogP contribution in [0.1, 0.15) is 35.8 Å². The summed E-state index contributed by atoms with van der Waals surface area (Å²) in [7, 11) is 1.74. The van der Waals surface area contributed by atoms with Crippen molar-refractivity contribution >= 4 is 22.5 Å². The van der Waals surface area contributed by atoms with Crippen molar-refractivity contribution in [3.8, 4) is 0 Å². The first-order valence-electron chi connectivity index (χ1n) is 8.91. The van der Waals surface area contributed by atoms with Gasteiger partial charge in [0.1, 0.15) is 11.2 Å². The van der Waals surface area contributed by atoms with E-state index in [9.17, 15) is 9.59 Å². The Hall–Kier alpha value is -3.35. The van der Waals surface area contributed by atoms with Gasteiger partial charge < -0.3 is 14.9 Å². The number of amides is 1. The Morgan fingerprint density at radius 3 is 2.93 bits per heavy atom. The van der Waals surface area contributed by atoms with Gasteiger partial charge in [0.2, 0.25) is 0 Å². The topological polar surface area (TPSA) is 95.6 Å². The summed E-state index contributed by atoms with van der Waals surface area (Å²) in [6, 6.07) is 1.77. The zero-order valence-corrected chi connectivity index (χ0v) is 15.2. The molecule has 3 heterocycles. The molecule has 0 bridgehead atoms. The minimum Gasteiger partial charge on any atom is -0.346 e. The number of carbonyl (C=O) groups is 1. The average Bonchev–Trinajstić information content (AvgIpc) is 3.35. The zero-order chi connectivity index (χ0) is 19.0. The highest BCUT2D eigenvalue weighted by molar-refractivity contribution is 6.06. The van der Waals surface area contributed by atoms with E-state index >= 15 is 0 Å². The van der Waals surface area contributed by atoms with E-state index in [-0.39, 0.29) is 16.9 Å². The third-order valence-electron chi connectivity index (χ3n) is 5.28. The van der Waals surface area contributed by atoms with Crippen molar-refractivity contribution in [1.29, 1.82) is 0 Å². The normalized spacial score (nSPS) is 18.9. The molecule has 27 heavy (non-hydrogen) atoms. The smallest absolute Gasteiger partial charge is 0.274 e. The van der Waals surface area contributed by atoms with Crippen LogP contribution < -0.4 is 10.9 Å². The van der Waals surface area contributed by atoms with Gasteiger partial charge in [-0.1, -0.05) is 31.2 Å². The molecule has 0 saturated heterocycles. The average molecular weight is 363 g/mol. The van der Waals surface area contributed by atoms with Crippen LogP contribution in [0.2, 0.25) is 0 Å². The van der Waals surface area contributed by atoms with Gasteiger partial charge in [-0.25, -0.2) is 0 Å². The predicted molar refractivity (Wildman–Crippen MR) is 105 cm³/mol. The van der Waals surface area contributed by atoms with Gasteiger partial charge in [-0.15, -0.1) is 0 Å². The van der Waals surface area contributed by atoms with Crippen LogP contribution in [0, 0.1) is 0 Å². The Bertz CT molecular complexity index is 1120. The van der Waals surface area contributed by atoms with E-state index in [2.05, 4.69) is 39.6 Å². The molecule has 0 aromatic carbocycles. The number of pyridine rings is 1. The summed E-state index contributed by atoms with van der Waals surface area (Å²) in [6.45, 7) is 2.14. The second kappa shape index (κ2) is 6.42. The Labute approximate surface area is 155 Å². The second-order valence-electron chi connectivity index (χ2n) is 6.87. The molecule has 3 aromatic rings. The molecule has 138 valence electrons. The van der Waals surface area contributed by atoms with Crippen LogP contribution in [-0.2, 0) is 12.5 Å². The maximum Gasteiger partial charge on any atom is 0.274 e. The number of H-pyrrole nitrogens is 2. The van der Waals surface area contributed by atoms with Crippen LogP contribution in [0.5, 0.6) is 0 Å². The Morgan fingerprint density at radius 1 is 1.41 bits per heavy atom. The fourth-order valence-corrected chi connectivity index (χ4v) is 3.69. The minimum atomic E-state index is -0.315. The van der Waals surface area contributed by atoms with Gasteiger partial charge in [-0.3, -0.25) is 14.7 Å². The molecule has 7 heteroatoms. The van der Waals surface area contributed by atoms with Gasteiger partial charge in [-0.05, 0) is 24.5 Å². The number of carbonyl (C=O) groups excluding carboxylic acids is 1. The highest BCUT2D eigenvalue weighted by Gasteiger charge is 2.31. The van der Waals surface area contributed by atoms with Crippen molar-refractivity contribution in [2.75, 3.05) is 5.32 Å². The third-order valence-corrected chi connectivity index (χ3v) is 5.28. The lowest BCUT2D eigenvalue weighted by atomic mass is 9.73. The molecule has 4 rings (SSSR count). The van der Waals surface area contributed by atoms with Gasteiger partial charge in [0, 0.05) is 30.2 Å². The largest absolute Gasteiger partial charge is 0.346 e. The number of aromatic amines is 2. The minimum absolute atomic E-state index is 0.155. The zero-order valence-electron chi connectivity index (χ0n) is 15.2. The first-order valence-corrected chi connectivity index (χ1v) is 8.91. The first-order chi connectivity index (χ1) is 13.0. The fourth-order valence-electron chi connectivity index (χ4n) is 3.69. The van der Waals surface area contributed by atoms with E-state index in [0.717, 1.165) is 23.8 Å². The van der Waals surface area contributed by atoms with Crippen molar-refractivity contribution in [2.45, 2.75) is 25.2 Å². The van der Waals surface area contributed by atoms with Gasteiger partial charge in [-0.2, -0.15) is 5.10 Å². The lowest BCUT2D eigenvalue weighted by Crippen LogP contribution is -2.27. The number of hydrogen-bond donors (Lipinski definition) is 3. The number of aromatic nitrogens is 4. The summed E-state index contributed by atoms with van der Waals surface area (Å²) in [5, 5.41) is 10.0. The van der Waals surface area contributed by atoms with Crippen molar-refractivity contribution in [3.63, 3.8) is 0 Å². The summed E-state index contributed by atoms with van der Waals surface area (Å²) < 4.78 is 1.58. The number of rotatable bonds is 4. The van der Waals surface area contributed by atoms with E-state index in [1.165, 1.54) is 6.20 Å². The Morgan fingerprint density at radius 2 is 2.26 bits per heavy atom. The molecule has 1 aliphatic carbocycles. The number of hydrogen-bond acceptors (Lipinski definition) is 3. The number of allylic oxidation sites excluding steroid dienone is 4. The van der Waals surface area contributed by atoms with Crippen molar-refractivity contribution in [2.24, 2.45) is 7.05 Å². The van der Waals surface area contributed by atoms with Crippen molar-refractivity contribution in [1.82, 2.24) is 19.7 Å². The molecule has 0 aliphatic heterocycles. The van der Waals surface area contributed by atoms with Gasteiger partial charge >= 0.3 is 0 Å². The summed E-state index contributed by atoms with van der Waals surface area (Å²) in [5.74, 6) is -0.315. The molecule has 1 amide bonds. The lowest BCUT2D eigenvalue weighted by molar-refractivity contribution is 0.102. The van der Waals surface area contributed by atoms with Crippen molar-refractivity contribution < 1.29 is 4.79 Å². The molecule has 3 aromatic heterocycles.